The Labute approximate surface area is 143 Å². The number of rotatable bonds is 4. The molecule has 0 saturated carbocycles. The zero-order chi connectivity index (χ0) is 15.4. The third kappa shape index (κ3) is 3.55. The highest BCUT2D eigenvalue weighted by molar-refractivity contribution is 14.1. The number of hydrogen-bond acceptors (Lipinski definition) is 4. The van der Waals surface area contributed by atoms with Crippen LogP contribution in [0.1, 0.15) is 28.9 Å². The van der Waals surface area contributed by atoms with Gasteiger partial charge in [0.15, 0.2) is 0 Å². The van der Waals surface area contributed by atoms with E-state index in [1.165, 1.54) is 12.8 Å². The van der Waals surface area contributed by atoms with Crippen molar-refractivity contribution >= 4 is 34.4 Å². The van der Waals surface area contributed by atoms with Crippen molar-refractivity contribution in [3.63, 3.8) is 0 Å². The van der Waals surface area contributed by atoms with Gasteiger partial charge in [-0.25, -0.2) is 9.97 Å². The van der Waals surface area contributed by atoms with Gasteiger partial charge in [-0.3, -0.25) is 4.79 Å². The molecule has 5 nitrogen and oxygen atoms in total. The van der Waals surface area contributed by atoms with Crippen LogP contribution in [0, 0.1) is 3.57 Å². The lowest BCUT2D eigenvalue weighted by atomic mass is 10.2. The minimum Gasteiger partial charge on any atom is -0.346 e. The zero-order valence-corrected chi connectivity index (χ0v) is 14.3. The second kappa shape index (κ2) is 7.04. The quantitative estimate of drug-likeness (QED) is 0.791. The Bertz CT molecular complexity index is 671. The van der Waals surface area contributed by atoms with Gasteiger partial charge in [0, 0.05) is 22.9 Å². The van der Waals surface area contributed by atoms with Crippen LogP contribution in [0.4, 0.5) is 5.95 Å². The Morgan fingerprint density at radius 2 is 2.00 bits per heavy atom. The fourth-order valence-electron chi connectivity index (χ4n) is 2.46. The number of carbonyl (C=O) groups excluding carboxylic acids is 1. The molecule has 3 rings (SSSR count). The number of benzene rings is 1. The molecule has 2 aromatic rings. The smallest absolute Gasteiger partial charge is 0.252 e. The van der Waals surface area contributed by atoms with Gasteiger partial charge in [0.05, 0.1) is 17.8 Å². The van der Waals surface area contributed by atoms with Crippen LogP contribution in [-0.4, -0.2) is 29.0 Å². The number of hydrogen-bond donors (Lipinski definition) is 1. The normalized spacial score (nSPS) is 14.1. The summed E-state index contributed by atoms with van der Waals surface area (Å²) >= 11 is 2.17. The third-order valence-corrected chi connectivity index (χ3v) is 4.58. The molecule has 2 heterocycles. The predicted molar refractivity (Wildman–Crippen MR) is 93.8 cm³/mol. The van der Waals surface area contributed by atoms with E-state index >= 15 is 0 Å². The molecule has 6 heteroatoms. The summed E-state index contributed by atoms with van der Waals surface area (Å²) in [6.07, 6.45) is 4.14. The topological polar surface area (TPSA) is 58.1 Å². The van der Waals surface area contributed by atoms with Crippen LogP contribution in [0.3, 0.4) is 0 Å². The molecule has 1 aromatic heterocycles. The highest BCUT2D eigenvalue weighted by Crippen LogP contribution is 2.15. The molecular formula is C16H17IN4O. The first-order valence-corrected chi connectivity index (χ1v) is 8.41. The van der Waals surface area contributed by atoms with E-state index in [1.807, 2.05) is 30.3 Å². The second-order valence-corrected chi connectivity index (χ2v) is 6.37. The van der Waals surface area contributed by atoms with E-state index in [4.69, 9.17) is 0 Å². The SMILES string of the molecule is O=C(NCc1ccnc(N2CCCC2)n1)c1ccccc1I. The van der Waals surface area contributed by atoms with Gasteiger partial charge in [0.1, 0.15) is 0 Å². The van der Waals surface area contributed by atoms with E-state index in [-0.39, 0.29) is 5.91 Å². The van der Waals surface area contributed by atoms with E-state index in [9.17, 15) is 4.79 Å². The first kappa shape index (κ1) is 15.2. The van der Waals surface area contributed by atoms with E-state index in [2.05, 4.69) is 42.8 Å². The van der Waals surface area contributed by atoms with Crippen molar-refractivity contribution in [3.05, 3.63) is 51.4 Å². The van der Waals surface area contributed by atoms with Crippen LogP contribution in [0.15, 0.2) is 36.5 Å². The molecule has 1 aliphatic heterocycles. The van der Waals surface area contributed by atoms with Gasteiger partial charge < -0.3 is 10.2 Å². The number of nitrogens with one attached hydrogen (secondary N) is 1. The maximum absolute atomic E-state index is 12.2. The molecule has 1 fully saturated rings. The van der Waals surface area contributed by atoms with Gasteiger partial charge in [-0.15, -0.1) is 0 Å². The largest absolute Gasteiger partial charge is 0.346 e. The summed E-state index contributed by atoms with van der Waals surface area (Å²) in [5, 5.41) is 2.92. The average Bonchev–Trinajstić information content (AvgIpc) is 3.08. The minimum absolute atomic E-state index is 0.0775. The maximum atomic E-state index is 12.2. The molecule has 0 aliphatic carbocycles. The Morgan fingerprint density at radius 1 is 1.23 bits per heavy atom. The fraction of sp³-hybridized carbons (Fsp3) is 0.312. The van der Waals surface area contributed by atoms with Crippen molar-refractivity contribution in [2.24, 2.45) is 0 Å². The third-order valence-electron chi connectivity index (χ3n) is 3.64. The van der Waals surface area contributed by atoms with Gasteiger partial charge in [-0.1, -0.05) is 12.1 Å². The summed E-state index contributed by atoms with van der Waals surface area (Å²) in [4.78, 5) is 23.3. The molecular weight excluding hydrogens is 391 g/mol. The molecule has 0 spiro atoms. The molecule has 0 unspecified atom stereocenters. The molecule has 1 aliphatic rings. The molecule has 1 amide bonds. The standard InChI is InChI=1S/C16H17IN4O/c17-14-6-2-1-5-13(14)15(22)19-11-12-7-8-18-16(20-12)21-9-3-4-10-21/h1-2,5-8H,3-4,9-11H2,(H,19,22). The van der Waals surface area contributed by atoms with Crippen LogP contribution >= 0.6 is 22.6 Å². The molecule has 1 aromatic carbocycles. The molecule has 114 valence electrons. The van der Waals surface area contributed by atoms with Crippen LogP contribution in [0.2, 0.25) is 0 Å². The number of halogens is 1. The number of nitrogens with zero attached hydrogens (tertiary/aromatic N) is 3. The van der Waals surface area contributed by atoms with Crippen LogP contribution in [0.5, 0.6) is 0 Å². The van der Waals surface area contributed by atoms with Crippen LogP contribution in [0.25, 0.3) is 0 Å². The highest BCUT2D eigenvalue weighted by atomic mass is 127. The van der Waals surface area contributed by atoms with Crippen LogP contribution < -0.4 is 10.2 Å². The fourth-order valence-corrected chi connectivity index (χ4v) is 3.10. The molecule has 0 radical (unpaired) electrons. The van der Waals surface area contributed by atoms with E-state index in [1.54, 1.807) is 6.20 Å². The van der Waals surface area contributed by atoms with Crippen molar-refractivity contribution in [3.8, 4) is 0 Å². The number of amides is 1. The molecule has 22 heavy (non-hydrogen) atoms. The Kier molecular flexibility index (Phi) is 4.87. The van der Waals surface area contributed by atoms with Crippen LogP contribution in [-0.2, 0) is 6.54 Å². The summed E-state index contributed by atoms with van der Waals surface area (Å²) in [5.41, 5.74) is 1.52. The first-order chi connectivity index (χ1) is 10.7. The van der Waals surface area contributed by atoms with E-state index < -0.39 is 0 Å². The van der Waals surface area contributed by atoms with Gasteiger partial charge in [0.2, 0.25) is 5.95 Å². The van der Waals surface area contributed by atoms with Crippen molar-refractivity contribution in [1.29, 1.82) is 0 Å². The van der Waals surface area contributed by atoms with Crippen molar-refractivity contribution in [2.45, 2.75) is 19.4 Å². The summed E-state index contributed by atoms with van der Waals surface area (Å²) in [6.45, 7) is 2.43. The average molecular weight is 408 g/mol. The summed E-state index contributed by atoms with van der Waals surface area (Å²) in [5.74, 6) is 0.685. The Morgan fingerprint density at radius 3 is 2.77 bits per heavy atom. The summed E-state index contributed by atoms with van der Waals surface area (Å²) in [7, 11) is 0. The van der Waals surface area contributed by atoms with Gasteiger partial charge in [0.25, 0.3) is 5.91 Å². The van der Waals surface area contributed by atoms with Gasteiger partial charge in [-0.2, -0.15) is 0 Å². The van der Waals surface area contributed by atoms with Gasteiger partial charge >= 0.3 is 0 Å². The summed E-state index contributed by atoms with van der Waals surface area (Å²) in [6, 6.07) is 9.38. The molecule has 1 N–H and O–H groups in total. The summed E-state index contributed by atoms with van der Waals surface area (Å²) < 4.78 is 0.943. The molecule has 0 atom stereocenters. The first-order valence-electron chi connectivity index (χ1n) is 7.33. The maximum Gasteiger partial charge on any atom is 0.252 e. The molecule has 0 bridgehead atoms. The second-order valence-electron chi connectivity index (χ2n) is 5.20. The highest BCUT2D eigenvalue weighted by Gasteiger charge is 2.15. The lowest BCUT2D eigenvalue weighted by Crippen LogP contribution is -2.25. The van der Waals surface area contributed by atoms with E-state index in [0.29, 0.717) is 12.1 Å². The van der Waals surface area contributed by atoms with Crippen molar-refractivity contribution in [1.82, 2.24) is 15.3 Å². The minimum atomic E-state index is -0.0775. The predicted octanol–water partition coefficient (Wildman–Crippen LogP) is 2.61. The zero-order valence-electron chi connectivity index (χ0n) is 12.1. The van der Waals surface area contributed by atoms with Crippen molar-refractivity contribution < 1.29 is 4.79 Å². The Balaban J connectivity index is 1.65. The Hall–Kier alpha value is -1.70. The van der Waals surface area contributed by atoms with E-state index in [0.717, 1.165) is 28.3 Å². The monoisotopic (exact) mass is 408 g/mol. The van der Waals surface area contributed by atoms with Crippen molar-refractivity contribution in [2.75, 3.05) is 18.0 Å². The number of anilines is 1. The lowest BCUT2D eigenvalue weighted by Gasteiger charge is -2.15. The van der Waals surface area contributed by atoms with Gasteiger partial charge in [-0.05, 0) is 53.6 Å². The number of aromatic nitrogens is 2. The number of carbonyl (C=O) groups is 1. The molecule has 1 saturated heterocycles. The lowest BCUT2D eigenvalue weighted by molar-refractivity contribution is 0.0949.